The van der Waals surface area contributed by atoms with Crippen molar-refractivity contribution in [2.75, 3.05) is 55.8 Å². The van der Waals surface area contributed by atoms with Crippen molar-refractivity contribution in [2.24, 2.45) is 0 Å². The highest BCUT2D eigenvalue weighted by Crippen LogP contribution is 2.26. The number of nitrogen functional groups attached to an aromatic ring is 1. The van der Waals surface area contributed by atoms with Crippen molar-refractivity contribution in [1.29, 1.82) is 0 Å². The number of nitrogens with one attached hydrogen (secondary N) is 2. The minimum atomic E-state index is 0.00905. The zero-order chi connectivity index (χ0) is 18.4. The first kappa shape index (κ1) is 18.1. The maximum absolute atomic E-state index is 11.5. The third-order valence-corrected chi connectivity index (χ3v) is 4.24. The number of benzene rings is 1. The predicted octanol–water partition coefficient (Wildman–Crippen LogP) is 1.75. The van der Waals surface area contributed by atoms with Crippen LogP contribution in [-0.2, 0) is 4.74 Å². The molecule has 0 bridgehead atoms. The second kappa shape index (κ2) is 8.59. The summed E-state index contributed by atoms with van der Waals surface area (Å²) in [6.45, 7) is 6.62. The molecule has 1 aromatic carbocycles. The fourth-order valence-corrected chi connectivity index (χ4v) is 2.75. The summed E-state index contributed by atoms with van der Waals surface area (Å²) in [5, 5.41) is 6.42. The van der Waals surface area contributed by atoms with Crippen LogP contribution in [0.1, 0.15) is 17.3 Å². The second-order valence-electron chi connectivity index (χ2n) is 6.13. The van der Waals surface area contributed by atoms with Gasteiger partial charge in [-0.2, -0.15) is 0 Å². The van der Waals surface area contributed by atoms with Crippen LogP contribution >= 0.6 is 0 Å². The number of carbonyl (C=O) groups is 1. The van der Waals surface area contributed by atoms with E-state index in [1.165, 1.54) is 13.3 Å². The maximum Gasteiger partial charge on any atom is 0.159 e. The lowest BCUT2D eigenvalue weighted by atomic mass is 10.1. The predicted molar refractivity (Wildman–Crippen MR) is 102 cm³/mol. The van der Waals surface area contributed by atoms with E-state index in [1.807, 2.05) is 12.1 Å². The number of nitrogens with zero attached hydrogens (tertiary/aromatic N) is 3. The van der Waals surface area contributed by atoms with Crippen molar-refractivity contribution in [2.45, 2.75) is 6.92 Å². The van der Waals surface area contributed by atoms with Crippen molar-refractivity contribution >= 4 is 28.8 Å². The summed E-state index contributed by atoms with van der Waals surface area (Å²) in [4.78, 5) is 22.3. The molecule has 1 aliphatic heterocycles. The fourth-order valence-electron chi connectivity index (χ4n) is 2.75. The van der Waals surface area contributed by atoms with Crippen LogP contribution in [0, 0.1) is 0 Å². The molecular weight excluding hydrogens is 332 g/mol. The maximum atomic E-state index is 11.5. The van der Waals surface area contributed by atoms with Crippen molar-refractivity contribution in [3.05, 3.63) is 36.2 Å². The number of rotatable bonds is 7. The van der Waals surface area contributed by atoms with Crippen LogP contribution < -0.4 is 16.4 Å². The van der Waals surface area contributed by atoms with Gasteiger partial charge in [0.05, 0.1) is 13.2 Å². The quantitative estimate of drug-likeness (QED) is 0.645. The van der Waals surface area contributed by atoms with E-state index in [9.17, 15) is 4.79 Å². The summed E-state index contributed by atoms with van der Waals surface area (Å²) in [5.41, 5.74) is 8.03. The standard InChI is InChI=1S/C18H24N6O2/c1-13(25)14-3-2-4-15(11-14)23-18-16(19)17(21-12-22-18)20-5-6-24-7-9-26-10-8-24/h2-4,11-12H,5-10,19H2,1H3,(H2,20,21,22,23). The van der Waals surface area contributed by atoms with Gasteiger partial charge in [-0.3, -0.25) is 9.69 Å². The van der Waals surface area contributed by atoms with Crippen molar-refractivity contribution < 1.29 is 9.53 Å². The third-order valence-electron chi connectivity index (χ3n) is 4.24. The molecule has 0 atom stereocenters. The van der Waals surface area contributed by atoms with Crippen LogP contribution in [0.15, 0.2) is 30.6 Å². The topological polar surface area (TPSA) is 105 Å². The number of anilines is 4. The molecule has 1 aliphatic rings. The lowest BCUT2D eigenvalue weighted by Gasteiger charge is -2.26. The van der Waals surface area contributed by atoms with Crippen molar-refractivity contribution in [1.82, 2.24) is 14.9 Å². The third kappa shape index (κ3) is 4.68. The number of morpholine rings is 1. The molecule has 0 amide bonds. The van der Waals surface area contributed by atoms with Gasteiger partial charge in [0.25, 0.3) is 0 Å². The van der Waals surface area contributed by atoms with Crippen LogP contribution in [0.4, 0.5) is 23.0 Å². The number of ether oxygens (including phenoxy) is 1. The van der Waals surface area contributed by atoms with E-state index in [1.54, 1.807) is 12.1 Å². The van der Waals surface area contributed by atoms with Crippen LogP contribution in [0.25, 0.3) is 0 Å². The Morgan fingerprint density at radius 3 is 2.81 bits per heavy atom. The van der Waals surface area contributed by atoms with E-state index < -0.39 is 0 Å². The molecule has 26 heavy (non-hydrogen) atoms. The van der Waals surface area contributed by atoms with Crippen LogP contribution in [0.5, 0.6) is 0 Å². The van der Waals surface area contributed by atoms with Gasteiger partial charge in [-0.15, -0.1) is 0 Å². The number of hydrogen-bond acceptors (Lipinski definition) is 8. The van der Waals surface area contributed by atoms with Gasteiger partial charge in [-0.25, -0.2) is 9.97 Å². The van der Waals surface area contributed by atoms with Gasteiger partial charge in [0, 0.05) is 37.4 Å². The average molecular weight is 356 g/mol. The van der Waals surface area contributed by atoms with E-state index in [0.717, 1.165) is 45.1 Å². The van der Waals surface area contributed by atoms with E-state index in [4.69, 9.17) is 10.5 Å². The number of Topliss-reactive ketones (excluding diaryl/α,β-unsaturated/α-hetero) is 1. The van der Waals surface area contributed by atoms with Gasteiger partial charge in [0.15, 0.2) is 17.4 Å². The van der Waals surface area contributed by atoms with E-state index in [-0.39, 0.29) is 5.78 Å². The minimum absolute atomic E-state index is 0.00905. The molecule has 0 aliphatic carbocycles. The summed E-state index contributed by atoms with van der Waals surface area (Å²) in [7, 11) is 0. The highest BCUT2D eigenvalue weighted by atomic mass is 16.5. The zero-order valence-electron chi connectivity index (χ0n) is 14.9. The zero-order valence-corrected chi connectivity index (χ0v) is 14.9. The molecule has 1 fully saturated rings. The molecule has 1 saturated heterocycles. The lowest BCUT2D eigenvalue weighted by molar-refractivity contribution is 0.0398. The molecular formula is C18H24N6O2. The van der Waals surface area contributed by atoms with Gasteiger partial charge in [-0.1, -0.05) is 12.1 Å². The summed E-state index contributed by atoms with van der Waals surface area (Å²) in [5.74, 6) is 1.11. The Labute approximate surface area is 152 Å². The Morgan fingerprint density at radius 1 is 1.27 bits per heavy atom. The summed E-state index contributed by atoms with van der Waals surface area (Å²) in [6, 6.07) is 7.22. The highest BCUT2D eigenvalue weighted by molar-refractivity contribution is 5.95. The summed E-state index contributed by atoms with van der Waals surface area (Å²) in [6.07, 6.45) is 1.46. The summed E-state index contributed by atoms with van der Waals surface area (Å²) >= 11 is 0. The Kier molecular flexibility index (Phi) is 5.98. The average Bonchev–Trinajstić information content (AvgIpc) is 2.66. The Bertz CT molecular complexity index is 761. The summed E-state index contributed by atoms with van der Waals surface area (Å²) < 4.78 is 5.35. The van der Waals surface area contributed by atoms with Gasteiger partial charge < -0.3 is 21.1 Å². The van der Waals surface area contributed by atoms with Gasteiger partial charge in [0.2, 0.25) is 0 Å². The Morgan fingerprint density at radius 2 is 2.04 bits per heavy atom. The first-order valence-electron chi connectivity index (χ1n) is 8.66. The molecule has 138 valence electrons. The fraction of sp³-hybridized carbons (Fsp3) is 0.389. The van der Waals surface area contributed by atoms with Gasteiger partial charge in [-0.05, 0) is 19.1 Å². The van der Waals surface area contributed by atoms with Crippen molar-refractivity contribution in [3.63, 3.8) is 0 Å². The number of nitrogens with two attached hydrogens (primary N) is 1. The Hall–Kier alpha value is -2.71. The van der Waals surface area contributed by atoms with Crippen LogP contribution in [-0.4, -0.2) is 60.0 Å². The first-order valence-corrected chi connectivity index (χ1v) is 8.66. The number of ketones is 1. The van der Waals surface area contributed by atoms with Gasteiger partial charge >= 0.3 is 0 Å². The molecule has 0 spiro atoms. The van der Waals surface area contributed by atoms with Crippen LogP contribution in [0.3, 0.4) is 0 Å². The number of hydrogen-bond donors (Lipinski definition) is 3. The molecule has 8 nitrogen and oxygen atoms in total. The van der Waals surface area contributed by atoms with E-state index in [0.29, 0.717) is 22.9 Å². The SMILES string of the molecule is CC(=O)c1cccc(Nc2ncnc(NCCN3CCOCC3)c2N)c1. The lowest BCUT2D eigenvalue weighted by Crippen LogP contribution is -2.39. The van der Waals surface area contributed by atoms with Gasteiger partial charge in [0.1, 0.15) is 12.0 Å². The Balaban J connectivity index is 1.63. The van der Waals surface area contributed by atoms with E-state index >= 15 is 0 Å². The van der Waals surface area contributed by atoms with Crippen molar-refractivity contribution in [3.8, 4) is 0 Å². The molecule has 4 N–H and O–H groups in total. The molecule has 2 aromatic rings. The minimum Gasteiger partial charge on any atom is -0.393 e. The normalized spacial score (nSPS) is 14.8. The number of carbonyl (C=O) groups excluding carboxylic acids is 1. The largest absolute Gasteiger partial charge is 0.393 e. The molecule has 2 heterocycles. The number of aromatic nitrogens is 2. The van der Waals surface area contributed by atoms with Crippen LogP contribution in [0.2, 0.25) is 0 Å². The molecule has 1 aromatic heterocycles. The second-order valence-corrected chi connectivity index (χ2v) is 6.13. The highest BCUT2D eigenvalue weighted by Gasteiger charge is 2.12. The molecule has 3 rings (SSSR count). The molecule has 0 unspecified atom stereocenters. The monoisotopic (exact) mass is 356 g/mol. The smallest absolute Gasteiger partial charge is 0.159 e. The first-order chi connectivity index (χ1) is 12.6. The van der Waals surface area contributed by atoms with E-state index in [2.05, 4.69) is 25.5 Å². The molecule has 0 saturated carbocycles. The molecule has 8 heteroatoms. The molecule has 0 radical (unpaired) electrons.